The Morgan fingerprint density at radius 3 is 2.50 bits per heavy atom. The monoisotopic (exact) mass is 571 g/mol. The van der Waals surface area contributed by atoms with Crippen LogP contribution in [-0.4, -0.2) is 92.0 Å². The second-order valence-corrected chi connectivity index (χ2v) is 10.7. The van der Waals surface area contributed by atoms with E-state index in [2.05, 4.69) is 30.1 Å². The van der Waals surface area contributed by atoms with Gasteiger partial charge < -0.3 is 19.2 Å². The number of benzene rings is 2. The van der Waals surface area contributed by atoms with Crippen LogP contribution in [0.5, 0.6) is 5.75 Å². The van der Waals surface area contributed by atoms with E-state index >= 15 is 0 Å². The van der Waals surface area contributed by atoms with Crippen LogP contribution in [0.15, 0.2) is 64.8 Å². The lowest BCUT2D eigenvalue weighted by atomic mass is 9.92. The lowest BCUT2D eigenvalue weighted by Gasteiger charge is -2.39. The topological polar surface area (TPSA) is 106 Å². The fourth-order valence-electron chi connectivity index (χ4n) is 4.78. The van der Waals surface area contributed by atoms with Crippen molar-refractivity contribution in [1.29, 1.82) is 0 Å². The summed E-state index contributed by atoms with van der Waals surface area (Å²) < 4.78 is 40.7. The molecule has 0 amide bonds. The fourth-order valence-corrected chi connectivity index (χ4v) is 5.46. The van der Waals surface area contributed by atoms with Crippen molar-refractivity contribution in [2.75, 3.05) is 52.1 Å². The third-order valence-electron chi connectivity index (χ3n) is 6.86. The summed E-state index contributed by atoms with van der Waals surface area (Å²) >= 11 is 1.53. The van der Waals surface area contributed by atoms with Gasteiger partial charge in [-0.2, -0.15) is 5.10 Å². The normalized spacial score (nSPS) is 16.2. The molecular formula is C27H31F2N7O3S. The van der Waals surface area contributed by atoms with Crippen LogP contribution in [0.2, 0.25) is 0 Å². The number of aromatic nitrogens is 5. The molecule has 0 radical (unpaired) electrons. The minimum absolute atomic E-state index is 0.00282. The van der Waals surface area contributed by atoms with Gasteiger partial charge in [0.05, 0.1) is 13.7 Å². The minimum Gasteiger partial charge on any atom is -0.497 e. The summed E-state index contributed by atoms with van der Waals surface area (Å²) in [5, 5.41) is 24.5. The van der Waals surface area contributed by atoms with Crippen LogP contribution in [0.25, 0.3) is 11.5 Å². The van der Waals surface area contributed by atoms with Gasteiger partial charge in [-0.3, -0.25) is 4.90 Å². The van der Waals surface area contributed by atoms with E-state index in [-0.39, 0.29) is 18.7 Å². The SMILES string of the molecule is COc1ccc(-c2nnc(SCCCN3CCN(CC(O)(Cn4cncn4)c4ccc(F)cc4F)CC3)o2)cc1. The van der Waals surface area contributed by atoms with Gasteiger partial charge in [-0.05, 0) is 43.3 Å². The number of piperazine rings is 1. The summed E-state index contributed by atoms with van der Waals surface area (Å²) in [5.74, 6) is 0.615. The summed E-state index contributed by atoms with van der Waals surface area (Å²) in [4.78, 5) is 8.38. The highest BCUT2D eigenvalue weighted by molar-refractivity contribution is 7.99. The molecule has 1 aliphatic heterocycles. The van der Waals surface area contributed by atoms with Gasteiger partial charge in [0.1, 0.15) is 35.6 Å². The molecule has 1 aliphatic rings. The molecule has 13 heteroatoms. The van der Waals surface area contributed by atoms with Crippen molar-refractivity contribution in [3.63, 3.8) is 0 Å². The summed E-state index contributed by atoms with van der Waals surface area (Å²) in [6, 6.07) is 10.7. The third-order valence-corrected chi connectivity index (χ3v) is 7.77. The number of nitrogens with zero attached hydrogens (tertiary/aromatic N) is 7. The average molecular weight is 572 g/mol. The molecule has 1 saturated heterocycles. The summed E-state index contributed by atoms with van der Waals surface area (Å²) in [7, 11) is 1.62. The molecule has 0 aliphatic carbocycles. The summed E-state index contributed by atoms with van der Waals surface area (Å²) in [6.07, 6.45) is 3.77. The Morgan fingerprint density at radius 1 is 1.02 bits per heavy atom. The van der Waals surface area contributed by atoms with Crippen LogP contribution in [-0.2, 0) is 12.1 Å². The largest absolute Gasteiger partial charge is 0.497 e. The molecule has 40 heavy (non-hydrogen) atoms. The van der Waals surface area contributed by atoms with Crippen molar-refractivity contribution in [2.24, 2.45) is 0 Å². The number of methoxy groups -OCH3 is 1. The third kappa shape index (κ3) is 7.02. The molecule has 2 aromatic heterocycles. The molecule has 2 aromatic carbocycles. The van der Waals surface area contributed by atoms with Crippen LogP contribution < -0.4 is 4.74 Å². The fraction of sp³-hybridized carbons (Fsp3) is 0.407. The van der Waals surface area contributed by atoms with Gasteiger partial charge in [0, 0.05) is 55.7 Å². The molecule has 3 heterocycles. The highest BCUT2D eigenvalue weighted by atomic mass is 32.2. The van der Waals surface area contributed by atoms with Gasteiger partial charge in [0.15, 0.2) is 0 Å². The molecule has 1 atom stereocenters. The molecule has 1 N–H and O–H groups in total. The van der Waals surface area contributed by atoms with Crippen molar-refractivity contribution in [3.8, 4) is 17.2 Å². The maximum absolute atomic E-state index is 14.7. The molecule has 10 nitrogen and oxygen atoms in total. The number of ether oxygens (including phenoxy) is 1. The zero-order valence-corrected chi connectivity index (χ0v) is 22.9. The van der Waals surface area contributed by atoms with E-state index in [1.165, 1.54) is 35.2 Å². The van der Waals surface area contributed by atoms with Crippen molar-refractivity contribution >= 4 is 11.8 Å². The minimum atomic E-state index is -1.60. The van der Waals surface area contributed by atoms with E-state index < -0.39 is 17.2 Å². The van der Waals surface area contributed by atoms with E-state index in [1.807, 2.05) is 24.3 Å². The second-order valence-electron chi connectivity index (χ2n) is 9.67. The molecule has 1 fully saturated rings. The smallest absolute Gasteiger partial charge is 0.276 e. The van der Waals surface area contributed by atoms with Gasteiger partial charge in [0.2, 0.25) is 5.89 Å². The van der Waals surface area contributed by atoms with Gasteiger partial charge in [-0.15, -0.1) is 10.2 Å². The number of thioether (sulfide) groups is 1. The lowest BCUT2D eigenvalue weighted by molar-refractivity contribution is -0.0317. The van der Waals surface area contributed by atoms with E-state index in [0.29, 0.717) is 24.2 Å². The summed E-state index contributed by atoms with van der Waals surface area (Å²) in [6.45, 7) is 4.16. The van der Waals surface area contributed by atoms with Gasteiger partial charge in [-0.1, -0.05) is 17.8 Å². The first-order valence-electron chi connectivity index (χ1n) is 13.0. The number of hydrogen-bond donors (Lipinski definition) is 1. The second kappa shape index (κ2) is 12.9. The molecule has 0 saturated carbocycles. The Bertz CT molecular complexity index is 1360. The Hall–Kier alpha value is -3.39. The van der Waals surface area contributed by atoms with Crippen LogP contribution in [0.4, 0.5) is 8.78 Å². The predicted molar refractivity (Wildman–Crippen MR) is 145 cm³/mol. The molecular weight excluding hydrogens is 540 g/mol. The zero-order valence-electron chi connectivity index (χ0n) is 22.1. The molecule has 4 aromatic rings. The van der Waals surface area contributed by atoms with E-state index in [4.69, 9.17) is 9.15 Å². The standard InChI is InChI=1S/C27H31F2N7O3S/c1-38-22-6-3-20(4-7-22)25-32-33-26(39-25)40-14-2-9-34-10-12-35(13-11-34)16-27(37,17-36-19-30-18-31-36)23-8-5-21(28)15-24(23)29/h3-8,15,18-19,37H,2,9-14,16-17H2,1H3. The highest BCUT2D eigenvalue weighted by Gasteiger charge is 2.36. The van der Waals surface area contributed by atoms with Crippen molar-refractivity contribution in [3.05, 3.63) is 72.3 Å². The number of rotatable bonds is 12. The Labute approximate surface area is 235 Å². The predicted octanol–water partition coefficient (Wildman–Crippen LogP) is 3.30. The molecule has 212 valence electrons. The Morgan fingerprint density at radius 2 is 1.80 bits per heavy atom. The van der Waals surface area contributed by atoms with Crippen LogP contribution in [0.1, 0.15) is 12.0 Å². The number of hydrogen-bond acceptors (Lipinski definition) is 10. The number of aliphatic hydroxyl groups is 1. The quantitative estimate of drug-likeness (QED) is 0.201. The maximum Gasteiger partial charge on any atom is 0.276 e. The molecule has 1 unspecified atom stereocenters. The van der Waals surface area contributed by atoms with Crippen molar-refractivity contribution in [2.45, 2.75) is 23.8 Å². The van der Waals surface area contributed by atoms with Gasteiger partial charge >= 0.3 is 0 Å². The van der Waals surface area contributed by atoms with Crippen LogP contribution in [0.3, 0.4) is 0 Å². The average Bonchev–Trinajstić information content (AvgIpc) is 3.64. The first kappa shape index (κ1) is 28.1. The van der Waals surface area contributed by atoms with E-state index in [9.17, 15) is 13.9 Å². The number of β-amino-alcohol motifs (C(OH)–C–C–N with tert-alkyl or cyclic N) is 1. The zero-order chi connectivity index (χ0) is 28.0. The Kier molecular flexibility index (Phi) is 9.04. The van der Waals surface area contributed by atoms with Crippen molar-refractivity contribution < 1.29 is 23.0 Å². The molecule has 5 rings (SSSR count). The highest BCUT2D eigenvalue weighted by Crippen LogP contribution is 2.29. The maximum atomic E-state index is 14.7. The van der Waals surface area contributed by atoms with Gasteiger partial charge in [-0.25, -0.2) is 18.4 Å². The van der Waals surface area contributed by atoms with E-state index in [0.717, 1.165) is 55.3 Å². The van der Waals surface area contributed by atoms with Crippen LogP contribution >= 0.6 is 11.8 Å². The summed E-state index contributed by atoms with van der Waals surface area (Å²) in [5.41, 5.74) is -0.715. The molecule has 0 bridgehead atoms. The Balaban J connectivity index is 1.09. The van der Waals surface area contributed by atoms with E-state index in [1.54, 1.807) is 7.11 Å². The molecule has 0 spiro atoms. The first-order chi connectivity index (χ1) is 19.4. The first-order valence-corrected chi connectivity index (χ1v) is 14.0. The number of halogens is 2. The van der Waals surface area contributed by atoms with Crippen LogP contribution in [0, 0.1) is 11.6 Å². The van der Waals surface area contributed by atoms with Crippen molar-refractivity contribution in [1.82, 2.24) is 34.8 Å². The lowest BCUT2D eigenvalue weighted by Crippen LogP contribution is -2.52. The van der Waals surface area contributed by atoms with Gasteiger partial charge in [0.25, 0.3) is 5.22 Å².